The molecule has 0 aliphatic heterocycles. The Kier molecular flexibility index (Phi) is 5.59. The quantitative estimate of drug-likeness (QED) is 0.464. The van der Waals surface area contributed by atoms with Crippen LogP contribution in [0.15, 0.2) is 12.4 Å². The first kappa shape index (κ1) is 15.6. The molecule has 1 aromatic rings. The molecule has 110 valence electrons. The van der Waals surface area contributed by atoms with Gasteiger partial charge in [0, 0.05) is 6.54 Å². The maximum absolute atomic E-state index is 10.6. The van der Waals surface area contributed by atoms with Gasteiger partial charge in [-0.15, -0.1) is 0 Å². The van der Waals surface area contributed by atoms with E-state index in [-0.39, 0.29) is 19.0 Å². The highest BCUT2D eigenvalue weighted by Crippen LogP contribution is 2.08. The van der Waals surface area contributed by atoms with Gasteiger partial charge in [0.2, 0.25) is 0 Å². The average Bonchev–Trinajstić information content (AvgIpc) is 2.75. The van der Waals surface area contributed by atoms with Crippen LogP contribution in [-0.4, -0.2) is 61.2 Å². The summed E-state index contributed by atoms with van der Waals surface area (Å²) < 4.78 is 1.32. The van der Waals surface area contributed by atoms with Crippen LogP contribution in [-0.2, 0) is 16.1 Å². The van der Waals surface area contributed by atoms with Gasteiger partial charge >= 0.3 is 17.9 Å². The van der Waals surface area contributed by atoms with Crippen molar-refractivity contribution in [3.8, 4) is 0 Å². The van der Waals surface area contributed by atoms with Gasteiger partial charge in [-0.3, -0.25) is 14.5 Å². The summed E-state index contributed by atoms with van der Waals surface area (Å²) in [6.07, 6.45) is 3.11. The number of nitro groups is 1. The largest absolute Gasteiger partial charge is 0.480 e. The average molecular weight is 286 g/mol. The number of carboxylic acids is 2. The highest BCUT2D eigenvalue weighted by atomic mass is 16.6. The van der Waals surface area contributed by atoms with Gasteiger partial charge in [-0.1, -0.05) is 4.98 Å². The van der Waals surface area contributed by atoms with Crippen molar-refractivity contribution in [3.63, 3.8) is 0 Å². The molecule has 1 aromatic heterocycles. The monoisotopic (exact) mass is 286 g/mol. The zero-order valence-corrected chi connectivity index (χ0v) is 10.5. The molecule has 0 saturated carbocycles. The maximum Gasteiger partial charge on any atom is 0.434 e. The molecular weight excluding hydrogens is 272 g/mol. The molecule has 0 radical (unpaired) electrons. The second-order valence-electron chi connectivity index (χ2n) is 4.03. The van der Waals surface area contributed by atoms with Crippen molar-refractivity contribution in [3.05, 3.63) is 22.5 Å². The number of carboxylic acid groups (broad SMARTS) is 2. The lowest BCUT2D eigenvalue weighted by Crippen LogP contribution is -2.35. The van der Waals surface area contributed by atoms with Crippen LogP contribution >= 0.6 is 0 Å². The van der Waals surface area contributed by atoms with E-state index >= 15 is 0 Å². The Balaban J connectivity index is 2.51. The fourth-order valence-electron chi connectivity index (χ4n) is 1.71. The lowest BCUT2D eigenvalue weighted by atomic mass is 10.3. The fraction of sp³-hybridized carbons (Fsp3) is 0.500. The van der Waals surface area contributed by atoms with Crippen molar-refractivity contribution >= 4 is 17.9 Å². The van der Waals surface area contributed by atoms with Gasteiger partial charge in [0.25, 0.3) is 0 Å². The number of aryl methyl sites for hydroxylation is 1. The highest BCUT2D eigenvalue weighted by molar-refractivity contribution is 5.72. The number of rotatable bonds is 9. The Hall–Kier alpha value is -2.49. The van der Waals surface area contributed by atoms with Crippen LogP contribution in [0.3, 0.4) is 0 Å². The molecule has 0 saturated heterocycles. The predicted octanol–water partition coefficient (Wildman–Crippen LogP) is -0.347. The summed E-state index contributed by atoms with van der Waals surface area (Å²) in [5, 5.41) is 27.9. The fourth-order valence-corrected chi connectivity index (χ4v) is 1.71. The van der Waals surface area contributed by atoms with Gasteiger partial charge in [-0.2, -0.15) is 0 Å². The Morgan fingerprint density at radius 3 is 2.45 bits per heavy atom. The number of aromatic nitrogens is 2. The van der Waals surface area contributed by atoms with E-state index < -0.39 is 30.0 Å². The van der Waals surface area contributed by atoms with E-state index in [0.29, 0.717) is 6.42 Å². The molecule has 0 bridgehead atoms. The van der Waals surface area contributed by atoms with E-state index in [4.69, 9.17) is 10.2 Å². The molecule has 0 spiro atoms. The van der Waals surface area contributed by atoms with Crippen LogP contribution in [0.2, 0.25) is 0 Å². The van der Waals surface area contributed by atoms with Gasteiger partial charge in [0.05, 0.1) is 19.6 Å². The van der Waals surface area contributed by atoms with E-state index in [9.17, 15) is 19.7 Å². The number of nitrogens with zero attached hydrogens (tertiary/aromatic N) is 4. The number of hydrogen-bond donors (Lipinski definition) is 2. The topological polar surface area (TPSA) is 139 Å². The molecule has 1 rings (SSSR count). The third kappa shape index (κ3) is 5.02. The predicted molar refractivity (Wildman–Crippen MR) is 65.2 cm³/mol. The summed E-state index contributed by atoms with van der Waals surface area (Å²) in [6.45, 7) is -0.323. The molecule has 0 unspecified atom stereocenters. The summed E-state index contributed by atoms with van der Waals surface area (Å²) in [6, 6.07) is 0. The molecule has 0 aliphatic rings. The van der Waals surface area contributed by atoms with Crippen LogP contribution in [0.1, 0.15) is 6.42 Å². The van der Waals surface area contributed by atoms with Crippen molar-refractivity contribution < 1.29 is 24.7 Å². The number of imidazole rings is 1. The molecular formula is C10H14N4O6. The minimum absolute atomic E-state index is 0.202. The summed E-state index contributed by atoms with van der Waals surface area (Å²) in [4.78, 5) is 36.0. The maximum atomic E-state index is 10.6. The number of carbonyl (C=O) groups is 2. The van der Waals surface area contributed by atoms with Crippen LogP contribution < -0.4 is 0 Å². The Labute approximate surface area is 113 Å². The van der Waals surface area contributed by atoms with Crippen molar-refractivity contribution in [1.29, 1.82) is 0 Å². The summed E-state index contributed by atoms with van der Waals surface area (Å²) in [5.41, 5.74) is 0. The standard InChI is InChI=1S/C10H14N4O6/c15-8(16)6-12(7-9(17)18)3-1-4-13-5-2-11-10(13)14(19)20/h2,5H,1,3-4,6-7H2,(H,15,16)(H,17,18). The van der Waals surface area contributed by atoms with Crippen LogP contribution in [0, 0.1) is 10.1 Å². The number of hydrogen-bond acceptors (Lipinski definition) is 6. The molecule has 0 aromatic carbocycles. The molecule has 2 N–H and O–H groups in total. The Morgan fingerprint density at radius 2 is 1.95 bits per heavy atom. The van der Waals surface area contributed by atoms with E-state index in [2.05, 4.69) is 4.98 Å². The van der Waals surface area contributed by atoms with E-state index in [1.165, 1.54) is 21.9 Å². The minimum atomic E-state index is -1.13. The van der Waals surface area contributed by atoms with Crippen LogP contribution in [0.4, 0.5) is 5.95 Å². The van der Waals surface area contributed by atoms with E-state index in [1.807, 2.05) is 0 Å². The lowest BCUT2D eigenvalue weighted by molar-refractivity contribution is -0.396. The van der Waals surface area contributed by atoms with Crippen molar-refractivity contribution in [2.24, 2.45) is 0 Å². The second-order valence-corrected chi connectivity index (χ2v) is 4.03. The Bertz CT molecular complexity index is 484. The third-order valence-electron chi connectivity index (χ3n) is 2.45. The normalized spacial score (nSPS) is 10.7. The third-order valence-corrected chi connectivity index (χ3v) is 2.45. The van der Waals surface area contributed by atoms with Crippen LogP contribution in [0.5, 0.6) is 0 Å². The van der Waals surface area contributed by atoms with Crippen LogP contribution in [0.25, 0.3) is 0 Å². The lowest BCUT2D eigenvalue weighted by Gasteiger charge is -2.17. The van der Waals surface area contributed by atoms with Crippen molar-refractivity contribution in [1.82, 2.24) is 14.5 Å². The molecule has 0 amide bonds. The zero-order chi connectivity index (χ0) is 15.1. The van der Waals surface area contributed by atoms with Gasteiger partial charge in [-0.05, 0) is 11.3 Å². The molecule has 10 heteroatoms. The molecule has 20 heavy (non-hydrogen) atoms. The molecule has 0 aliphatic carbocycles. The smallest absolute Gasteiger partial charge is 0.434 e. The zero-order valence-electron chi connectivity index (χ0n) is 10.5. The first-order valence-electron chi connectivity index (χ1n) is 5.71. The van der Waals surface area contributed by atoms with Gasteiger partial charge in [-0.25, -0.2) is 4.57 Å². The van der Waals surface area contributed by atoms with Gasteiger partial charge in [0.1, 0.15) is 12.4 Å². The second kappa shape index (κ2) is 7.19. The minimum Gasteiger partial charge on any atom is -0.480 e. The van der Waals surface area contributed by atoms with Gasteiger partial charge in [0.15, 0.2) is 0 Å². The van der Waals surface area contributed by atoms with E-state index in [1.54, 1.807) is 0 Å². The van der Waals surface area contributed by atoms with Gasteiger partial charge < -0.3 is 20.3 Å². The SMILES string of the molecule is O=C(O)CN(CCCn1ccnc1[N+](=O)[O-])CC(=O)O. The van der Waals surface area contributed by atoms with Crippen molar-refractivity contribution in [2.45, 2.75) is 13.0 Å². The summed E-state index contributed by atoms with van der Waals surface area (Å²) >= 11 is 0. The summed E-state index contributed by atoms with van der Waals surface area (Å²) in [5.74, 6) is -2.55. The molecule has 10 nitrogen and oxygen atoms in total. The number of aliphatic carboxylic acids is 2. The molecule has 0 fully saturated rings. The van der Waals surface area contributed by atoms with Crippen molar-refractivity contribution in [2.75, 3.05) is 19.6 Å². The van der Waals surface area contributed by atoms with E-state index in [0.717, 1.165) is 0 Å². The highest BCUT2D eigenvalue weighted by Gasteiger charge is 2.16. The Morgan fingerprint density at radius 1 is 1.35 bits per heavy atom. The molecule has 1 heterocycles. The summed E-state index contributed by atoms with van der Waals surface area (Å²) in [7, 11) is 0. The molecule has 0 atom stereocenters. The first-order valence-corrected chi connectivity index (χ1v) is 5.71. The first-order chi connectivity index (χ1) is 9.40.